The van der Waals surface area contributed by atoms with E-state index in [9.17, 15) is 9.59 Å². The van der Waals surface area contributed by atoms with Crippen molar-refractivity contribution in [2.45, 2.75) is 71.9 Å². The van der Waals surface area contributed by atoms with E-state index in [1.54, 1.807) is 4.90 Å². The van der Waals surface area contributed by atoms with Crippen LogP contribution in [0.4, 0.5) is 0 Å². The summed E-state index contributed by atoms with van der Waals surface area (Å²) in [7, 11) is 0. The molecule has 2 aliphatic rings. The summed E-state index contributed by atoms with van der Waals surface area (Å²) < 4.78 is 0. The minimum Gasteiger partial charge on any atom is -0.354 e. The van der Waals surface area contributed by atoms with Gasteiger partial charge in [0.2, 0.25) is 11.8 Å². The highest BCUT2D eigenvalue weighted by Crippen LogP contribution is 2.52. The van der Waals surface area contributed by atoms with Crippen LogP contribution in [0.2, 0.25) is 0 Å². The maximum Gasteiger partial charge on any atom is 0.243 e. The lowest BCUT2D eigenvalue weighted by Crippen LogP contribution is -2.74. The minimum absolute atomic E-state index is 0.0563. The van der Waals surface area contributed by atoms with Gasteiger partial charge in [0, 0.05) is 12.6 Å². The van der Waals surface area contributed by atoms with E-state index >= 15 is 0 Å². The summed E-state index contributed by atoms with van der Waals surface area (Å²) in [5.41, 5.74) is -0.369. The van der Waals surface area contributed by atoms with Gasteiger partial charge in [0.05, 0.1) is 5.41 Å². The van der Waals surface area contributed by atoms with Crippen LogP contribution in [-0.2, 0) is 9.59 Å². The van der Waals surface area contributed by atoms with Gasteiger partial charge in [-0.15, -0.1) is 0 Å². The van der Waals surface area contributed by atoms with E-state index in [4.69, 9.17) is 0 Å². The fourth-order valence-corrected chi connectivity index (χ4v) is 3.68. The molecule has 20 heavy (non-hydrogen) atoms. The second-order valence-electron chi connectivity index (χ2n) is 7.05. The molecule has 1 heterocycles. The van der Waals surface area contributed by atoms with Crippen molar-refractivity contribution in [2.75, 3.05) is 6.54 Å². The molecular weight excluding hydrogens is 252 g/mol. The molecule has 1 spiro atoms. The van der Waals surface area contributed by atoms with E-state index in [1.807, 2.05) is 13.8 Å². The Bertz CT molecular complexity index is 384. The van der Waals surface area contributed by atoms with Crippen molar-refractivity contribution in [1.29, 1.82) is 0 Å². The van der Waals surface area contributed by atoms with Gasteiger partial charge in [0.1, 0.15) is 6.04 Å². The molecule has 1 atom stereocenters. The van der Waals surface area contributed by atoms with E-state index in [1.165, 1.54) is 0 Å². The van der Waals surface area contributed by atoms with Crippen LogP contribution in [0.1, 0.15) is 59.8 Å². The molecule has 2 rings (SSSR count). The van der Waals surface area contributed by atoms with Crippen molar-refractivity contribution in [3.8, 4) is 0 Å². The number of carbonyl (C=O) groups excluding carboxylic acids is 2. The van der Waals surface area contributed by atoms with Crippen LogP contribution < -0.4 is 5.32 Å². The van der Waals surface area contributed by atoms with E-state index < -0.39 is 0 Å². The van der Waals surface area contributed by atoms with Gasteiger partial charge < -0.3 is 10.2 Å². The number of rotatable bonds is 5. The lowest BCUT2D eigenvalue weighted by atomic mass is 9.68. The van der Waals surface area contributed by atoms with Gasteiger partial charge in [0.25, 0.3) is 0 Å². The molecule has 4 nitrogen and oxygen atoms in total. The molecule has 1 unspecified atom stereocenters. The molecule has 0 aromatic rings. The van der Waals surface area contributed by atoms with Crippen LogP contribution in [-0.4, -0.2) is 35.3 Å². The average molecular weight is 280 g/mol. The van der Waals surface area contributed by atoms with E-state index in [0.717, 1.165) is 32.1 Å². The van der Waals surface area contributed by atoms with Crippen molar-refractivity contribution in [3.63, 3.8) is 0 Å². The Labute approximate surface area is 122 Å². The number of hydrogen-bond acceptors (Lipinski definition) is 2. The van der Waals surface area contributed by atoms with Crippen molar-refractivity contribution in [1.82, 2.24) is 10.2 Å². The molecule has 0 aromatic heterocycles. The van der Waals surface area contributed by atoms with Crippen LogP contribution in [0.25, 0.3) is 0 Å². The first-order chi connectivity index (χ1) is 9.40. The minimum atomic E-state index is -0.369. The molecule has 1 aliphatic heterocycles. The summed E-state index contributed by atoms with van der Waals surface area (Å²) in [5, 5.41) is 3.04. The highest BCUT2D eigenvalue weighted by Gasteiger charge is 2.64. The summed E-state index contributed by atoms with van der Waals surface area (Å²) >= 11 is 0. The van der Waals surface area contributed by atoms with Gasteiger partial charge in [-0.2, -0.15) is 0 Å². The molecule has 114 valence electrons. The van der Waals surface area contributed by atoms with Crippen molar-refractivity contribution in [3.05, 3.63) is 0 Å². The van der Waals surface area contributed by atoms with Crippen molar-refractivity contribution in [2.24, 2.45) is 11.3 Å². The first-order valence-corrected chi connectivity index (χ1v) is 8.00. The van der Waals surface area contributed by atoms with Gasteiger partial charge >= 0.3 is 0 Å². The summed E-state index contributed by atoms with van der Waals surface area (Å²) in [6.07, 6.45) is 4.91. The Morgan fingerprint density at radius 2 is 1.90 bits per heavy atom. The molecule has 2 amide bonds. The SMILES string of the molecule is CC(C)CCNC(=O)C1N(C(C)C)C(=O)C12CCCC2. The summed E-state index contributed by atoms with van der Waals surface area (Å²) in [4.78, 5) is 26.8. The second-order valence-corrected chi connectivity index (χ2v) is 7.05. The predicted octanol–water partition coefficient (Wildman–Crippen LogP) is 2.33. The number of hydrogen-bond donors (Lipinski definition) is 1. The first kappa shape index (κ1) is 15.3. The standard InChI is InChI=1S/C16H28N2O2/c1-11(2)7-10-17-14(19)13-16(8-5-6-9-16)15(20)18(13)12(3)4/h11-13H,5-10H2,1-4H3,(H,17,19). The third-order valence-corrected chi connectivity index (χ3v) is 4.78. The van der Waals surface area contributed by atoms with Crippen LogP contribution >= 0.6 is 0 Å². The normalized spacial score (nSPS) is 24.6. The predicted molar refractivity (Wildman–Crippen MR) is 79.1 cm³/mol. The molecule has 0 bridgehead atoms. The topological polar surface area (TPSA) is 49.4 Å². The third-order valence-electron chi connectivity index (χ3n) is 4.78. The van der Waals surface area contributed by atoms with Crippen molar-refractivity contribution >= 4 is 11.8 Å². The first-order valence-electron chi connectivity index (χ1n) is 8.00. The van der Waals surface area contributed by atoms with Crippen molar-refractivity contribution < 1.29 is 9.59 Å². The zero-order valence-corrected chi connectivity index (χ0v) is 13.2. The maximum atomic E-state index is 12.5. The lowest BCUT2D eigenvalue weighted by molar-refractivity contribution is -0.181. The third kappa shape index (κ3) is 2.45. The lowest BCUT2D eigenvalue weighted by Gasteiger charge is -2.55. The summed E-state index contributed by atoms with van der Waals surface area (Å²) in [5.74, 6) is 0.842. The fourth-order valence-electron chi connectivity index (χ4n) is 3.68. The Hall–Kier alpha value is -1.06. The summed E-state index contributed by atoms with van der Waals surface area (Å²) in [6.45, 7) is 9.00. The quantitative estimate of drug-likeness (QED) is 0.786. The average Bonchev–Trinajstić information content (AvgIpc) is 2.85. The molecule has 0 radical (unpaired) electrons. The number of nitrogens with one attached hydrogen (secondary N) is 1. The molecule has 1 aliphatic carbocycles. The molecule has 0 aromatic carbocycles. The Kier molecular flexibility index (Phi) is 4.40. The zero-order valence-electron chi connectivity index (χ0n) is 13.2. The molecule has 1 N–H and O–H groups in total. The van der Waals surface area contributed by atoms with Gasteiger partial charge in [-0.1, -0.05) is 26.7 Å². The monoisotopic (exact) mass is 280 g/mol. The molecule has 1 saturated carbocycles. The van der Waals surface area contributed by atoms with Crippen LogP contribution in [0.5, 0.6) is 0 Å². The van der Waals surface area contributed by atoms with Crippen LogP contribution in [0.3, 0.4) is 0 Å². The molecular formula is C16H28N2O2. The number of likely N-dealkylation sites (tertiary alicyclic amines) is 1. The second kappa shape index (κ2) is 5.74. The van der Waals surface area contributed by atoms with Gasteiger partial charge in [-0.25, -0.2) is 0 Å². The highest BCUT2D eigenvalue weighted by molar-refractivity contribution is 6.02. The van der Waals surface area contributed by atoms with Crippen LogP contribution in [0, 0.1) is 11.3 Å². The molecule has 1 saturated heterocycles. The number of nitrogens with zero attached hydrogens (tertiary/aromatic N) is 1. The zero-order chi connectivity index (χ0) is 14.9. The number of amides is 2. The van der Waals surface area contributed by atoms with Gasteiger partial charge in [-0.05, 0) is 39.0 Å². The van der Waals surface area contributed by atoms with E-state index in [2.05, 4.69) is 19.2 Å². The number of β-lactam (4-membered cyclic amide) rings is 1. The largest absolute Gasteiger partial charge is 0.354 e. The maximum absolute atomic E-state index is 12.5. The Balaban J connectivity index is 2.05. The Morgan fingerprint density at radius 1 is 1.30 bits per heavy atom. The Morgan fingerprint density at radius 3 is 2.40 bits per heavy atom. The molecule has 4 heteroatoms. The van der Waals surface area contributed by atoms with Gasteiger partial charge in [-0.3, -0.25) is 9.59 Å². The van der Waals surface area contributed by atoms with E-state index in [-0.39, 0.29) is 29.3 Å². The highest BCUT2D eigenvalue weighted by atomic mass is 16.2. The smallest absolute Gasteiger partial charge is 0.243 e. The summed E-state index contributed by atoms with van der Waals surface area (Å²) in [6, 6.07) is -0.126. The fraction of sp³-hybridized carbons (Fsp3) is 0.875. The van der Waals surface area contributed by atoms with Crippen LogP contribution in [0.15, 0.2) is 0 Å². The molecule has 2 fully saturated rings. The number of carbonyl (C=O) groups is 2. The van der Waals surface area contributed by atoms with E-state index in [0.29, 0.717) is 12.5 Å². The van der Waals surface area contributed by atoms with Gasteiger partial charge in [0.15, 0.2) is 0 Å².